The summed E-state index contributed by atoms with van der Waals surface area (Å²) in [5.41, 5.74) is 2.88. The molecule has 22 heavy (non-hydrogen) atoms. The van der Waals surface area contributed by atoms with Crippen LogP contribution in [0.3, 0.4) is 0 Å². The lowest BCUT2D eigenvalue weighted by atomic mass is 10.1. The van der Waals surface area contributed by atoms with E-state index in [4.69, 9.17) is 4.74 Å². The van der Waals surface area contributed by atoms with E-state index in [1.54, 1.807) is 12.1 Å². The fourth-order valence-electron chi connectivity index (χ4n) is 2.15. The van der Waals surface area contributed by atoms with Crippen LogP contribution in [0, 0.1) is 0 Å². The van der Waals surface area contributed by atoms with Crippen LogP contribution >= 0.6 is 0 Å². The molecule has 6 heteroatoms. The Morgan fingerprint density at radius 3 is 2.36 bits per heavy atom. The van der Waals surface area contributed by atoms with Crippen molar-refractivity contribution in [2.24, 2.45) is 0 Å². The second kappa shape index (κ2) is 5.25. The number of tetrazole rings is 1. The Kier molecular flexibility index (Phi) is 2.97. The van der Waals surface area contributed by atoms with Gasteiger partial charge in [-0.3, -0.25) is 0 Å². The van der Waals surface area contributed by atoms with Crippen LogP contribution in [0.25, 0.3) is 16.8 Å². The van der Waals surface area contributed by atoms with Crippen LogP contribution in [0.4, 0.5) is 0 Å². The van der Waals surface area contributed by atoms with Crippen molar-refractivity contribution in [3.63, 3.8) is 0 Å². The molecule has 0 bridgehead atoms. The molecule has 4 rings (SSSR count). The molecule has 0 unspecified atom stereocenters. The first kappa shape index (κ1) is 12.5. The summed E-state index contributed by atoms with van der Waals surface area (Å²) in [6.45, 7) is 0. The van der Waals surface area contributed by atoms with E-state index in [0.717, 1.165) is 5.56 Å². The second-order valence-corrected chi connectivity index (χ2v) is 4.69. The maximum atomic E-state index is 5.72. The smallest absolute Gasteiger partial charge is 0.239 e. The predicted octanol–water partition coefficient (Wildman–Crippen LogP) is 2.98. The zero-order chi connectivity index (χ0) is 14.8. The van der Waals surface area contributed by atoms with Crippen LogP contribution in [0.5, 0.6) is 11.6 Å². The fourth-order valence-corrected chi connectivity index (χ4v) is 2.15. The van der Waals surface area contributed by atoms with Gasteiger partial charge in [-0.2, -0.15) is 0 Å². The van der Waals surface area contributed by atoms with Crippen molar-refractivity contribution in [1.29, 1.82) is 0 Å². The highest BCUT2D eigenvalue weighted by molar-refractivity contribution is 5.64. The molecule has 6 nitrogen and oxygen atoms in total. The number of aromatic nitrogens is 5. The molecule has 0 saturated heterocycles. The van der Waals surface area contributed by atoms with E-state index in [1.807, 2.05) is 42.5 Å². The van der Waals surface area contributed by atoms with Crippen molar-refractivity contribution in [2.45, 2.75) is 0 Å². The summed E-state index contributed by atoms with van der Waals surface area (Å²) in [4.78, 5) is 0. The Bertz CT molecular complexity index is 903. The number of hydrogen-bond acceptors (Lipinski definition) is 5. The van der Waals surface area contributed by atoms with E-state index >= 15 is 0 Å². The largest absolute Gasteiger partial charge is 0.438 e. The van der Waals surface area contributed by atoms with E-state index in [9.17, 15) is 0 Å². The molecular weight excluding hydrogens is 278 g/mol. The molecule has 0 spiro atoms. The summed E-state index contributed by atoms with van der Waals surface area (Å²) < 4.78 is 7.05. The number of rotatable bonds is 3. The normalized spacial score (nSPS) is 10.7. The van der Waals surface area contributed by atoms with Gasteiger partial charge in [0.05, 0.1) is 0 Å². The van der Waals surface area contributed by atoms with Crippen LogP contribution < -0.4 is 4.74 Å². The lowest BCUT2D eigenvalue weighted by Gasteiger charge is -2.06. The molecule has 0 amide bonds. The zero-order valence-electron chi connectivity index (χ0n) is 11.5. The number of fused-ring (bicyclic) bond motifs is 1. The van der Waals surface area contributed by atoms with Crippen LogP contribution in [0.1, 0.15) is 0 Å². The first-order chi connectivity index (χ1) is 10.9. The maximum absolute atomic E-state index is 5.72. The van der Waals surface area contributed by atoms with Gasteiger partial charge in [-0.15, -0.1) is 14.8 Å². The van der Waals surface area contributed by atoms with Gasteiger partial charge in [-0.1, -0.05) is 42.5 Å². The van der Waals surface area contributed by atoms with E-state index in [2.05, 4.69) is 32.8 Å². The molecule has 2 heterocycles. The minimum absolute atomic E-state index is 0.437. The molecule has 2 aromatic heterocycles. The Balaban J connectivity index is 1.58. The van der Waals surface area contributed by atoms with Gasteiger partial charge in [-0.05, 0) is 39.8 Å². The third-order valence-electron chi connectivity index (χ3n) is 3.23. The van der Waals surface area contributed by atoms with Crippen molar-refractivity contribution >= 4 is 5.65 Å². The van der Waals surface area contributed by atoms with E-state index in [-0.39, 0.29) is 0 Å². The lowest BCUT2D eigenvalue weighted by Crippen LogP contribution is -1.97. The van der Waals surface area contributed by atoms with Crippen molar-refractivity contribution in [2.75, 3.05) is 0 Å². The zero-order valence-corrected chi connectivity index (χ0v) is 11.5. The first-order valence-corrected chi connectivity index (χ1v) is 6.77. The minimum Gasteiger partial charge on any atom is -0.438 e. The Hall–Kier alpha value is -3.28. The van der Waals surface area contributed by atoms with Gasteiger partial charge in [0.2, 0.25) is 5.88 Å². The average molecular weight is 289 g/mol. The van der Waals surface area contributed by atoms with Crippen LogP contribution in [-0.2, 0) is 0 Å². The number of ether oxygens (including phenoxy) is 1. The van der Waals surface area contributed by atoms with Gasteiger partial charge >= 0.3 is 0 Å². The summed E-state index contributed by atoms with van der Waals surface area (Å²) in [5, 5.41) is 15.2. The number of hydrogen-bond donors (Lipinski definition) is 0. The molecule has 106 valence electrons. The average Bonchev–Trinajstić information content (AvgIpc) is 3.04. The fraction of sp³-hybridized carbons (Fsp3) is 0. The number of nitrogens with zero attached hydrogens (tertiary/aromatic N) is 5. The lowest BCUT2D eigenvalue weighted by molar-refractivity contribution is 0.447. The topological polar surface area (TPSA) is 65.2 Å². The van der Waals surface area contributed by atoms with Crippen LogP contribution in [0.2, 0.25) is 0 Å². The third kappa shape index (κ3) is 2.37. The van der Waals surface area contributed by atoms with Crippen LogP contribution in [-0.4, -0.2) is 25.3 Å². The van der Waals surface area contributed by atoms with Crippen molar-refractivity contribution in [3.8, 4) is 22.8 Å². The van der Waals surface area contributed by atoms with Crippen LogP contribution in [0.15, 0.2) is 66.7 Å². The Morgan fingerprint density at radius 2 is 1.55 bits per heavy atom. The molecule has 2 aromatic carbocycles. The molecule has 0 aliphatic heterocycles. The highest BCUT2D eigenvalue weighted by atomic mass is 16.5. The van der Waals surface area contributed by atoms with Gasteiger partial charge in [-0.25, -0.2) is 0 Å². The third-order valence-corrected chi connectivity index (χ3v) is 3.23. The Labute approximate surface area is 126 Å². The molecule has 0 saturated carbocycles. The van der Waals surface area contributed by atoms with Crippen molar-refractivity contribution in [3.05, 3.63) is 66.7 Å². The summed E-state index contributed by atoms with van der Waals surface area (Å²) in [5.74, 6) is 1.15. The summed E-state index contributed by atoms with van der Waals surface area (Å²) in [6.07, 6.45) is 0. The van der Waals surface area contributed by atoms with Gasteiger partial charge in [0, 0.05) is 6.07 Å². The predicted molar refractivity (Wildman–Crippen MR) is 80.5 cm³/mol. The van der Waals surface area contributed by atoms with Crippen molar-refractivity contribution in [1.82, 2.24) is 25.3 Å². The maximum Gasteiger partial charge on any atom is 0.239 e. The molecule has 0 atom stereocenters. The second-order valence-electron chi connectivity index (χ2n) is 4.69. The molecular formula is C16H11N5O. The standard InChI is InChI=1S/C16H11N5O/c1-2-4-12(5-3-1)13-6-8-14(9-7-13)22-16-11-10-15-17-19-20-21(15)18-16/h1-11H. The highest BCUT2D eigenvalue weighted by Gasteiger charge is 2.03. The summed E-state index contributed by atoms with van der Waals surface area (Å²) >= 11 is 0. The monoisotopic (exact) mass is 289 g/mol. The number of benzene rings is 2. The van der Waals surface area contributed by atoms with Gasteiger partial charge in [0.25, 0.3) is 0 Å². The van der Waals surface area contributed by atoms with Gasteiger partial charge < -0.3 is 4.74 Å². The SMILES string of the molecule is c1ccc(-c2ccc(Oc3ccc4nnnn4n3)cc2)cc1. The molecule has 0 N–H and O–H groups in total. The Morgan fingerprint density at radius 1 is 0.773 bits per heavy atom. The summed E-state index contributed by atoms with van der Waals surface area (Å²) in [6, 6.07) is 21.5. The van der Waals surface area contributed by atoms with E-state index in [0.29, 0.717) is 17.3 Å². The first-order valence-electron chi connectivity index (χ1n) is 6.77. The van der Waals surface area contributed by atoms with E-state index in [1.165, 1.54) is 10.2 Å². The molecule has 0 aliphatic rings. The quantitative estimate of drug-likeness (QED) is 0.580. The van der Waals surface area contributed by atoms with Gasteiger partial charge in [0.1, 0.15) is 5.75 Å². The molecule has 0 aliphatic carbocycles. The molecule has 0 fully saturated rings. The molecule has 0 radical (unpaired) electrons. The summed E-state index contributed by atoms with van der Waals surface area (Å²) in [7, 11) is 0. The molecule has 4 aromatic rings. The van der Waals surface area contributed by atoms with Gasteiger partial charge in [0.15, 0.2) is 5.65 Å². The highest BCUT2D eigenvalue weighted by Crippen LogP contribution is 2.24. The minimum atomic E-state index is 0.437. The van der Waals surface area contributed by atoms with E-state index < -0.39 is 0 Å². The van der Waals surface area contributed by atoms with Crippen molar-refractivity contribution < 1.29 is 4.74 Å².